The molecule has 0 aliphatic rings. The Hall–Kier alpha value is -2.66. The van der Waals surface area contributed by atoms with E-state index in [2.05, 4.69) is 10.3 Å². The van der Waals surface area contributed by atoms with E-state index in [1.165, 1.54) is 0 Å². The van der Waals surface area contributed by atoms with Gasteiger partial charge in [0.05, 0.1) is 18.9 Å². The second-order valence-electron chi connectivity index (χ2n) is 4.75. The fourth-order valence-electron chi connectivity index (χ4n) is 2.34. The number of aromatic nitrogens is 3. The molecule has 0 saturated carbocycles. The molecule has 0 aliphatic carbocycles. The third-order valence-electron chi connectivity index (χ3n) is 3.33. The van der Waals surface area contributed by atoms with Crippen molar-refractivity contribution in [1.29, 1.82) is 0 Å². The monoisotopic (exact) mass is 295 g/mol. The van der Waals surface area contributed by atoms with E-state index in [4.69, 9.17) is 4.74 Å². The van der Waals surface area contributed by atoms with Crippen LogP contribution in [0.5, 0.6) is 5.75 Å². The minimum atomic E-state index is -0.152. The molecule has 0 bridgehead atoms. The molecule has 112 valence electrons. The molecule has 0 amide bonds. The van der Waals surface area contributed by atoms with Gasteiger partial charge in [0.25, 0.3) is 0 Å². The average Bonchev–Trinajstić information content (AvgIpc) is 3.00. The Kier molecular flexibility index (Phi) is 4.16. The van der Waals surface area contributed by atoms with Gasteiger partial charge in [-0.15, -0.1) is 5.10 Å². The van der Waals surface area contributed by atoms with Crippen molar-refractivity contribution in [2.75, 3.05) is 6.61 Å². The van der Waals surface area contributed by atoms with Gasteiger partial charge in [-0.05, 0) is 31.2 Å². The first-order valence-corrected chi connectivity index (χ1v) is 7.17. The quantitative estimate of drug-likeness (QED) is 0.786. The van der Waals surface area contributed by atoms with Crippen LogP contribution in [0.1, 0.15) is 12.6 Å². The largest absolute Gasteiger partial charge is 0.494 e. The van der Waals surface area contributed by atoms with Gasteiger partial charge in [0, 0.05) is 5.56 Å². The van der Waals surface area contributed by atoms with Gasteiger partial charge in [-0.25, -0.2) is 4.68 Å². The molecule has 3 rings (SSSR count). The summed E-state index contributed by atoms with van der Waals surface area (Å²) < 4.78 is 7.19. The van der Waals surface area contributed by atoms with Crippen molar-refractivity contribution >= 4 is 0 Å². The maximum Gasteiger partial charge on any atom is 0.119 e. The van der Waals surface area contributed by atoms with Gasteiger partial charge >= 0.3 is 0 Å². The Morgan fingerprint density at radius 1 is 1.05 bits per heavy atom. The van der Waals surface area contributed by atoms with Crippen LogP contribution < -0.4 is 4.74 Å². The highest BCUT2D eigenvalue weighted by molar-refractivity contribution is 5.64. The lowest BCUT2D eigenvalue weighted by atomic mass is 10.1. The van der Waals surface area contributed by atoms with Crippen molar-refractivity contribution in [3.8, 4) is 22.7 Å². The molecule has 0 saturated heterocycles. The molecule has 1 aromatic heterocycles. The standard InChI is InChI=1S/C17H17N3O2/c1-2-22-15-10-8-14(9-11-15)20-17(16(12-21)18-19-20)13-6-4-3-5-7-13/h3-11,21H,2,12H2,1H3. The smallest absolute Gasteiger partial charge is 0.119 e. The van der Waals surface area contributed by atoms with Crippen molar-refractivity contribution in [2.45, 2.75) is 13.5 Å². The lowest BCUT2D eigenvalue weighted by Gasteiger charge is -2.09. The molecule has 0 atom stereocenters. The molecule has 2 aromatic carbocycles. The van der Waals surface area contributed by atoms with Gasteiger partial charge in [-0.2, -0.15) is 0 Å². The number of nitrogens with zero attached hydrogens (tertiary/aromatic N) is 3. The summed E-state index contributed by atoms with van der Waals surface area (Å²) in [4.78, 5) is 0. The van der Waals surface area contributed by atoms with E-state index in [-0.39, 0.29) is 6.61 Å². The fourth-order valence-corrected chi connectivity index (χ4v) is 2.34. The van der Waals surface area contributed by atoms with Gasteiger partial charge in [0.15, 0.2) is 0 Å². The van der Waals surface area contributed by atoms with Gasteiger partial charge in [-0.1, -0.05) is 35.5 Å². The Balaban J connectivity index is 2.06. The summed E-state index contributed by atoms with van der Waals surface area (Å²) in [6.45, 7) is 2.43. The Bertz CT molecular complexity index is 736. The van der Waals surface area contributed by atoms with E-state index in [1.54, 1.807) is 4.68 Å². The van der Waals surface area contributed by atoms with E-state index in [0.717, 1.165) is 22.7 Å². The molecule has 0 unspecified atom stereocenters. The Morgan fingerprint density at radius 3 is 2.41 bits per heavy atom. The molecular weight excluding hydrogens is 278 g/mol. The molecule has 1 N–H and O–H groups in total. The predicted octanol–water partition coefficient (Wildman–Crippen LogP) is 2.83. The van der Waals surface area contributed by atoms with Crippen molar-refractivity contribution in [3.05, 3.63) is 60.3 Å². The first kappa shape index (κ1) is 14.3. The maximum absolute atomic E-state index is 9.52. The summed E-state index contributed by atoms with van der Waals surface area (Å²) in [7, 11) is 0. The van der Waals surface area contributed by atoms with Gasteiger partial charge in [0.1, 0.15) is 17.1 Å². The maximum atomic E-state index is 9.52. The van der Waals surface area contributed by atoms with Crippen LogP contribution in [0.15, 0.2) is 54.6 Å². The van der Waals surface area contributed by atoms with Crippen LogP contribution in [-0.2, 0) is 6.61 Å². The first-order chi connectivity index (χ1) is 10.8. The van der Waals surface area contributed by atoms with Crippen LogP contribution in [0.25, 0.3) is 16.9 Å². The van der Waals surface area contributed by atoms with Crippen LogP contribution in [0, 0.1) is 0 Å². The molecule has 0 aliphatic heterocycles. The SMILES string of the molecule is CCOc1ccc(-n2nnc(CO)c2-c2ccccc2)cc1. The molecule has 5 heteroatoms. The number of aliphatic hydroxyl groups is 1. The van der Waals surface area contributed by atoms with E-state index in [0.29, 0.717) is 12.3 Å². The van der Waals surface area contributed by atoms with Gasteiger partial charge < -0.3 is 9.84 Å². The third-order valence-corrected chi connectivity index (χ3v) is 3.33. The third kappa shape index (κ3) is 2.71. The van der Waals surface area contributed by atoms with Gasteiger partial charge in [-0.3, -0.25) is 0 Å². The molecule has 0 spiro atoms. The first-order valence-electron chi connectivity index (χ1n) is 7.17. The Labute approximate surface area is 128 Å². The molecule has 0 fully saturated rings. The van der Waals surface area contributed by atoms with Crippen molar-refractivity contribution in [2.24, 2.45) is 0 Å². The van der Waals surface area contributed by atoms with Crippen LogP contribution in [-0.4, -0.2) is 26.7 Å². The Morgan fingerprint density at radius 2 is 1.77 bits per heavy atom. The second kappa shape index (κ2) is 6.41. The normalized spacial score (nSPS) is 10.6. The summed E-state index contributed by atoms with van der Waals surface area (Å²) in [5.74, 6) is 0.815. The summed E-state index contributed by atoms with van der Waals surface area (Å²) in [5, 5.41) is 17.8. The van der Waals surface area contributed by atoms with E-state index in [9.17, 15) is 5.11 Å². The van der Waals surface area contributed by atoms with E-state index >= 15 is 0 Å². The lowest BCUT2D eigenvalue weighted by molar-refractivity contribution is 0.277. The van der Waals surface area contributed by atoms with E-state index < -0.39 is 0 Å². The zero-order chi connectivity index (χ0) is 15.4. The highest BCUT2D eigenvalue weighted by Crippen LogP contribution is 2.26. The van der Waals surface area contributed by atoms with Crippen molar-refractivity contribution in [3.63, 3.8) is 0 Å². The number of benzene rings is 2. The topological polar surface area (TPSA) is 60.2 Å². The summed E-state index contributed by atoms with van der Waals surface area (Å²) >= 11 is 0. The molecule has 1 heterocycles. The van der Waals surface area contributed by atoms with Crippen molar-refractivity contribution in [1.82, 2.24) is 15.0 Å². The molecule has 22 heavy (non-hydrogen) atoms. The van der Waals surface area contributed by atoms with Gasteiger partial charge in [0.2, 0.25) is 0 Å². The zero-order valence-electron chi connectivity index (χ0n) is 12.3. The highest BCUT2D eigenvalue weighted by Gasteiger charge is 2.15. The van der Waals surface area contributed by atoms with Crippen LogP contribution in [0.3, 0.4) is 0 Å². The summed E-state index contributed by atoms with van der Waals surface area (Å²) in [5.41, 5.74) is 3.19. The number of hydrogen-bond donors (Lipinski definition) is 1. The van der Waals surface area contributed by atoms with E-state index in [1.807, 2.05) is 61.5 Å². The fraction of sp³-hybridized carbons (Fsp3) is 0.176. The zero-order valence-corrected chi connectivity index (χ0v) is 12.3. The molecular formula is C17H17N3O2. The number of ether oxygens (including phenoxy) is 1. The number of aliphatic hydroxyl groups excluding tert-OH is 1. The molecule has 5 nitrogen and oxygen atoms in total. The summed E-state index contributed by atoms with van der Waals surface area (Å²) in [6, 6.07) is 17.4. The predicted molar refractivity (Wildman–Crippen MR) is 83.9 cm³/mol. The number of rotatable bonds is 5. The van der Waals surface area contributed by atoms with Crippen LogP contribution >= 0.6 is 0 Å². The second-order valence-corrected chi connectivity index (χ2v) is 4.75. The van der Waals surface area contributed by atoms with Crippen molar-refractivity contribution < 1.29 is 9.84 Å². The highest BCUT2D eigenvalue weighted by atomic mass is 16.5. The van der Waals surface area contributed by atoms with Crippen LogP contribution in [0.2, 0.25) is 0 Å². The molecule has 3 aromatic rings. The minimum absolute atomic E-state index is 0.152. The van der Waals surface area contributed by atoms with Crippen LogP contribution in [0.4, 0.5) is 0 Å². The summed E-state index contributed by atoms with van der Waals surface area (Å²) in [6.07, 6.45) is 0. The lowest BCUT2D eigenvalue weighted by Crippen LogP contribution is -2.00. The molecule has 0 radical (unpaired) electrons. The average molecular weight is 295 g/mol. The number of hydrogen-bond acceptors (Lipinski definition) is 4. The minimum Gasteiger partial charge on any atom is -0.494 e.